The first-order valence-corrected chi connectivity index (χ1v) is 24.5. The number of nitrogens with one attached hydrogen (secondary N) is 3. The van der Waals surface area contributed by atoms with Gasteiger partial charge in [0.15, 0.2) is 35.7 Å². The summed E-state index contributed by atoms with van der Waals surface area (Å²) >= 11 is 6.06. The Balaban J connectivity index is 0.00000992. The van der Waals surface area contributed by atoms with Crippen molar-refractivity contribution >= 4 is 60.6 Å². The Bertz CT molecular complexity index is 2020. The third-order valence-electron chi connectivity index (χ3n) is 10.1. The number of aryl methyl sites for hydroxylation is 2. The van der Waals surface area contributed by atoms with Crippen LogP contribution in [-0.2, 0) is 42.1 Å². The summed E-state index contributed by atoms with van der Waals surface area (Å²) < 4.78 is 57.2. The summed E-state index contributed by atoms with van der Waals surface area (Å²) in [6.45, 7) is 3.60. The van der Waals surface area contributed by atoms with Crippen LogP contribution in [0, 0.1) is 0 Å². The number of quaternary nitrogens is 1. The fourth-order valence-electron chi connectivity index (χ4n) is 7.09. The molecule has 338 valence electrons. The molecule has 2 aromatic carbocycles. The zero-order valence-electron chi connectivity index (χ0n) is 34.7. The van der Waals surface area contributed by atoms with E-state index in [9.17, 15) is 31.2 Å². The Morgan fingerprint density at radius 1 is 0.754 bits per heavy atom. The first kappa shape index (κ1) is 50.9. The maximum Gasteiger partial charge on any atom is 0.274 e. The summed E-state index contributed by atoms with van der Waals surface area (Å²) in [6, 6.07) is 15.1. The normalized spacial score (nSPS) is 14.9. The van der Waals surface area contributed by atoms with Crippen molar-refractivity contribution in [3.8, 4) is 11.5 Å². The second-order valence-corrected chi connectivity index (χ2v) is 20.3. The van der Waals surface area contributed by atoms with Crippen LogP contribution < -0.4 is 49.3 Å². The first-order chi connectivity index (χ1) is 28.4. The molecule has 1 atom stereocenters. The van der Waals surface area contributed by atoms with E-state index in [1.165, 1.54) is 0 Å². The molecule has 0 unspecified atom stereocenters. The van der Waals surface area contributed by atoms with E-state index >= 15 is 0 Å². The van der Waals surface area contributed by atoms with Crippen LogP contribution in [0.2, 0.25) is 5.15 Å². The molecular weight excluding hydrogens is 872 g/mol. The molecule has 0 bridgehead atoms. The summed E-state index contributed by atoms with van der Waals surface area (Å²) in [5.41, 5.74) is 13.9. The van der Waals surface area contributed by atoms with Gasteiger partial charge >= 0.3 is 0 Å². The molecule has 4 rings (SSSR count). The number of hydrogen-bond acceptors (Lipinski definition) is 13. The maximum absolute atomic E-state index is 13.3. The molecule has 1 aliphatic rings. The fourth-order valence-corrected chi connectivity index (χ4v) is 8.55. The van der Waals surface area contributed by atoms with Gasteiger partial charge in [-0.15, -0.1) is 0 Å². The van der Waals surface area contributed by atoms with E-state index in [1.807, 2.05) is 48.5 Å². The molecule has 2 heterocycles. The first-order valence-electron chi connectivity index (χ1n) is 20.0. The van der Waals surface area contributed by atoms with Gasteiger partial charge in [0, 0.05) is 38.4 Å². The molecule has 1 fully saturated rings. The zero-order valence-corrected chi connectivity index (χ0v) is 37.8. The summed E-state index contributed by atoms with van der Waals surface area (Å²) in [6.07, 6.45) is 8.11. The van der Waals surface area contributed by atoms with Crippen LogP contribution in [-0.4, -0.2) is 132 Å². The van der Waals surface area contributed by atoms with Crippen LogP contribution in [0.25, 0.3) is 0 Å². The van der Waals surface area contributed by atoms with Gasteiger partial charge in [0.2, 0.25) is 0 Å². The molecule has 0 radical (unpaired) electrons. The number of benzene rings is 2. The lowest BCUT2D eigenvalue weighted by atomic mass is 9.99. The van der Waals surface area contributed by atoms with Crippen LogP contribution in [0.3, 0.4) is 0 Å². The number of halogens is 2. The Kier molecular flexibility index (Phi) is 20.3. The number of ether oxygens (including phenoxy) is 2. The minimum atomic E-state index is -3.08. The third-order valence-corrected chi connectivity index (χ3v) is 12.4. The van der Waals surface area contributed by atoms with E-state index in [0.717, 1.165) is 86.3 Å². The van der Waals surface area contributed by atoms with Crippen molar-refractivity contribution in [1.29, 1.82) is 0 Å². The highest BCUT2D eigenvalue weighted by Gasteiger charge is 2.35. The number of rotatable bonds is 24. The van der Waals surface area contributed by atoms with Gasteiger partial charge < -0.3 is 53.8 Å². The molecule has 1 saturated heterocycles. The zero-order chi connectivity index (χ0) is 43.8. The number of anilines is 2. The highest BCUT2D eigenvalue weighted by Crippen LogP contribution is 2.25. The number of carbonyl (C=O) groups is 3. The third kappa shape index (κ3) is 19.0. The van der Waals surface area contributed by atoms with Crippen LogP contribution in [0.5, 0.6) is 11.5 Å². The molecule has 1 aromatic heterocycles. The van der Waals surface area contributed by atoms with Gasteiger partial charge in [0.25, 0.3) is 17.7 Å². The lowest BCUT2D eigenvalue weighted by Crippen LogP contribution is -3.00. The van der Waals surface area contributed by atoms with Crippen LogP contribution in [0.4, 0.5) is 11.6 Å². The summed E-state index contributed by atoms with van der Waals surface area (Å²) in [5, 5.41) is 8.36. The van der Waals surface area contributed by atoms with E-state index in [4.69, 9.17) is 32.5 Å². The van der Waals surface area contributed by atoms with Crippen molar-refractivity contribution in [2.75, 3.05) is 88.0 Å². The number of likely N-dealkylation sites (tertiary alicyclic amines) is 1. The smallest absolute Gasteiger partial charge is 0.274 e. The van der Waals surface area contributed by atoms with E-state index in [0.29, 0.717) is 30.9 Å². The van der Waals surface area contributed by atoms with Crippen molar-refractivity contribution < 1.29 is 57.6 Å². The monoisotopic (exact) mass is 928 g/mol. The largest absolute Gasteiger partial charge is 1.00 e. The molecule has 0 aliphatic carbocycles. The molecule has 3 aromatic rings. The Morgan fingerprint density at radius 2 is 1.23 bits per heavy atom. The molecule has 0 spiro atoms. The highest BCUT2D eigenvalue weighted by molar-refractivity contribution is 7.90. The molecule has 0 saturated carbocycles. The minimum absolute atomic E-state index is 0. The summed E-state index contributed by atoms with van der Waals surface area (Å²) in [5.74, 6) is -0.104. The predicted molar refractivity (Wildman–Crippen MR) is 231 cm³/mol. The number of amides is 3. The van der Waals surface area contributed by atoms with E-state index in [2.05, 4.69) is 25.9 Å². The number of hydrogen-bond donors (Lipinski definition) is 5. The van der Waals surface area contributed by atoms with E-state index in [1.54, 1.807) is 0 Å². The Hall–Kier alpha value is -4.43. The highest BCUT2D eigenvalue weighted by atomic mass is 35.5. The molecule has 17 nitrogen and oxygen atoms in total. The minimum Gasteiger partial charge on any atom is -1.00 e. The van der Waals surface area contributed by atoms with Crippen molar-refractivity contribution in [3.63, 3.8) is 0 Å². The Morgan fingerprint density at radius 3 is 1.69 bits per heavy atom. The molecule has 21 heteroatoms. The molecule has 7 N–H and O–H groups in total. The van der Waals surface area contributed by atoms with E-state index < -0.39 is 25.6 Å². The van der Waals surface area contributed by atoms with Crippen LogP contribution >= 0.6 is 11.6 Å². The standard InChI is InChI=1S/C40H57ClN8O9S2.ClH/c1-59(53,54)24-6-19-44-34(50)27-57-32-15-11-29(12-16-32)8-3-21-49(23-5-10-31(26-49)46-40(52)36-38(42)48-39(43)37(41)47-36)22-4-9-30-13-17-33(18-14-30)58-28-35(51)45-20-7-25-60(2,55)56;/h11-18,31H,3-10,19-28H2,1-2H3,(H6-,42,43,44,45,46,48,50,51,52);1H/t31-;/m0./s1. The molecule has 3 amide bonds. The number of piperidine rings is 1. The van der Waals surface area contributed by atoms with Gasteiger partial charge in [-0.2, -0.15) is 0 Å². The molecule has 1 aliphatic heterocycles. The molecule has 61 heavy (non-hydrogen) atoms. The quantitative estimate of drug-likeness (QED) is 0.0542. The fraction of sp³-hybridized carbons (Fsp3) is 0.525. The van der Waals surface area contributed by atoms with Crippen molar-refractivity contribution in [2.45, 2.75) is 57.4 Å². The number of sulfone groups is 2. The SMILES string of the molecule is CS(=O)(=O)CCCNC(=O)COc1ccc(CCC[N+]2(CCCc3ccc(OCC(=O)NCCCS(C)(=O)=O)cc3)CCC[C@H](NC(=O)c3nc(Cl)c(N)nc3N)C2)cc1.[Cl-]. The summed E-state index contributed by atoms with van der Waals surface area (Å²) in [7, 11) is -6.16. The van der Waals surface area contributed by atoms with Gasteiger partial charge in [0.05, 0.1) is 43.7 Å². The average Bonchev–Trinajstić information content (AvgIpc) is 3.18. The van der Waals surface area contributed by atoms with Gasteiger partial charge in [-0.3, -0.25) is 14.4 Å². The lowest BCUT2D eigenvalue weighted by molar-refractivity contribution is -0.933. The van der Waals surface area contributed by atoms with Crippen molar-refractivity contribution in [1.82, 2.24) is 25.9 Å². The number of nitrogens with zero attached hydrogens (tertiary/aromatic N) is 3. The van der Waals surface area contributed by atoms with Crippen molar-refractivity contribution in [3.05, 3.63) is 70.5 Å². The number of nitrogen functional groups attached to an aromatic ring is 2. The summed E-state index contributed by atoms with van der Waals surface area (Å²) in [4.78, 5) is 45.6. The van der Waals surface area contributed by atoms with Gasteiger partial charge in [-0.1, -0.05) is 35.9 Å². The second-order valence-electron chi connectivity index (χ2n) is 15.4. The maximum atomic E-state index is 13.3. The Labute approximate surface area is 369 Å². The van der Waals surface area contributed by atoms with Crippen molar-refractivity contribution in [2.24, 2.45) is 0 Å². The predicted octanol–water partition coefficient (Wildman–Crippen LogP) is -0.868. The molecular formula is C40H58Cl2N8O9S2. The van der Waals surface area contributed by atoms with Crippen LogP contribution in [0.1, 0.15) is 60.1 Å². The number of carbonyl (C=O) groups excluding carboxylic acids is 3. The van der Waals surface area contributed by atoms with Gasteiger partial charge in [-0.05, 0) is 73.9 Å². The van der Waals surface area contributed by atoms with Crippen LogP contribution in [0.15, 0.2) is 48.5 Å². The topological polar surface area (TPSA) is 252 Å². The lowest BCUT2D eigenvalue weighted by Gasteiger charge is -2.45. The van der Waals surface area contributed by atoms with Gasteiger partial charge in [-0.25, -0.2) is 26.8 Å². The average molecular weight is 930 g/mol. The van der Waals surface area contributed by atoms with E-state index in [-0.39, 0.29) is 90.6 Å². The number of nitrogens with two attached hydrogens (primary N) is 2. The number of aromatic nitrogens is 2. The van der Waals surface area contributed by atoms with Gasteiger partial charge in [0.1, 0.15) is 31.2 Å². The second kappa shape index (κ2) is 24.3.